The van der Waals surface area contributed by atoms with Gasteiger partial charge in [-0.3, -0.25) is 9.69 Å². The topological polar surface area (TPSA) is 43.8 Å². The van der Waals surface area contributed by atoms with Crippen LogP contribution < -0.4 is 0 Å². The molecule has 1 aliphatic rings. The molecule has 1 fully saturated rings. The van der Waals surface area contributed by atoms with E-state index >= 15 is 0 Å². The standard InChI is InChI=1S/C15H22N2O2/c18-13-12-17-10-8-16(9-11-17)7-6-15(19)14-4-2-1-3-5-14/h1-5,18H,6-13H2. The molecule has 1 heterocycles. The van der Waals surface area contributed by atoms with Crippen molar-refractivity contribution in [3.05, 3.63) is 35.9 Å². The summed E-state index contributed by atoms with van der Waals surface area (Å²) in [6, 6.07) is 9.49. The molecule has 0 unspecified atom stereocenters. The van der Waals surface area contributed by atoms with E-state index in [1.165, 1.54) is 0 Å². The van der Waals surface area contributed by atoms with Crippen LogP contribution in [0.5, 0.6) is 0 Å². The summed E-state index contributed by atoms with van der Waals surface area (Å²) < 4.78 is 0. The van der Waals surface area contributed by atoms with Gasteiger partial charge in [0.1, 0.15) is 0 Å². The first-order valence-electron chi connectivity index (χ1n) is 6.93. The van der Waals surface area contributed by atoms with Gasteiger partial charge in [-0.2, -0.15) is 0 Å². The largest absolute Gasteiger partial charge is 0.395 e. The highest BCUT2D eigenvalue weighted by Crippen LogP contribution is 2.06. The average molecular weight is 262 g/mol. The predicted octanol–water partition coefficient (Wildman–Crippen LogP) is 0.869. The number of ketones is 1. The fourth-order valence-corrected chi connectivity index (χ4v) is 2.41. The molecule has 0 amide bonds. The van der Waals surface area contributed by atoms with Crippen molar-refractivity contribution in [1.29, 1.82) is 0 Å². The van der Waals surface area contributed by atoms with Crippen LogP contribution in [0.25, 0.3) is 0 Å². The zero-order valence-electron chi connectivity index (χ0n) is 11.3. The molecule has 1 saturated heterocycles. The van der Waals surface area contributed by atoms with Crippen LogP contribution in [-0.4, -0.2) is 66.6 Å². The minimum Gasteiger partial charge on any atom is -0.395 e. The molecule has 104 valence electrons. The van der Waals surface area contributed by atoms with Gasteiger partial charge < -0.3 is 10.0 Å². The van der Waals surface area contributed by atoms with Crippen molar-refractivity contribution in [3.8, 4) is 0 Å². The molecule has 0 bridgehead atoms. The molecule has 2 rings (SSSR count). The monoisotopic (exact) mass is 262 g/mol. The Morgan fingerprint density at radius 3 is 2.16 bits per heavy atom. The molecule has 1 N–H and O–H groups in total. The lowest BCUT2D eigenvalue weighted by Crippen LogP contribution is -2.47. The summed E-state index contributed by atoms with van der Waals surface area (Å²) >= 11 is 0. The maximum absolute atomic E-state index is 12.0. The number of hydrogen-bond acceptors (Lipinski definition) is 4. The van der Waals surface area contributed by atoms with E-state index in [1.807, 2.05) is 30.3 Å². The number of piperazine rings is 1. The van der Waals surface area contributed by atoms with Crippen LogP contribution in [-0.2, 0) is 0 Å². The van der Waals surface area contributed by atoms with E-state index in [1.54, 1.807) is 0 Å². The summed E-state index contributed by atoms with van der Waals surface area (Å²) in [7, 11) is 0. The van der Waals surface area contributed by atoms with Crippen LogP contribution in [0.4, 0.5) is 0 Å². The quantitative estimate of drug-likeness (QED) is 0.773. The fourth-order valence-electron chi connectivity index (χ4n) is 2.41. The number of rotatable bonds is 6. The fraction of sp³-hybridized carbons (Fsp3) is 0.533. The minimum absolute atomic E-state index is 0.221. The van der Waals surface area contributed by atoms with Crippen LogP contribution in [0.15, 0.2) is 30.3 Å². The Hall–Kier alpha value is -1.23. The molecule has 0 spiro atoms. The Bertz CT molecular complexity index is 386. The number of aliphatic hydroxyl groups excluding tert-OH is 1. The highest BCUT2D eigenvalue weighted by molar-refractivity contribution is 5.96. The Kier molecular flexibility index (Phi) is 5.51. The normalized spacial score (nSPS) is 17.5. The van der Waals surface area contributed by atoms with E-state index in [0.29, 0.717) is 6.42 Å². The van der Waals surface area contributed by atoms with Crippen molar-refractivity contribution < 1.29 is 9.90 Å². The first-order valence-corrected chi connectivity index (χ1v) is 6.93. The van der Waals surface area contributed by atoms with Gasteiger partial charge in [-0.25, -0.2) is 0 Å². The van der Waals surface area contributed by atoms with Gasteiger partial charge in [0.05, 0.1) is 6.61 Å². The highest BCUT2D eigenvalue weighted by atomic mass is 16.3. The lowest BCUT2D eigenvalue weighted by molar-refractivity contribution is 0.0907. The second-order valence-corrected chi connectivity index (χ2v) is 4.95. The van der Waals surface area contributed by atoms with Crippen LogP contribution in [0, 0.1) is 0 Å². The van der Waals surface area contributed by atoms with Gasteiger partial charge in [0, 0.05) is 51.3 Å². The Balaban J connectivity index is 1.71. The van der Waals surface area contributed by atoms with Crippen LogP contribution in [0.3, 0.4) is 0 Å². The second kappa shape index (κ2) is 7.38. The second-order valence-electron chi connectivity index (χ2n) is 4.95. The van der Waals surface area contributed by atoms with E-state index in [2.05, 4.69) is 9.80 Å². The van der Waals surface area contributed by atoms with E-state index < -0.39 is 0 Å². The summed E-state index contributed by atoms with van der Waals surface area (Å²) in [5, 5.41) is 8.89. The number of Topliss-reactive ketones (excluding diaryl/α,β-unsaturated/α-hetero) is 1. The van der Waals surface area contributed by atoms with Gasteiger partial charge in [0.15, 0.2) is 5.78 Å². The highest BCUT2D eigenvalue weighted by Gasteiger charge is 2.17. The molecule has 1 aromatic rings. The maximum Gasteiger partial charge on any atom is 0.164 e. The van der Waals surface area contributed by atoms with Crippen molar-refractivity contribution in [1.82, 2.24) is 9.80 Å². The van der Waals surface area contributed by atoms with Crippen LogP contribution >= 0.6 is 0 Å². The molecule has 0 saturated carbocycles. The Morgan fingerprint density at radius 2 is 1.58 bits per heavy atom. The van der Waals surface area contributed by atoms with Crippen molar-refractivity contribution in [2.45, 2.75) is 6.42 Å². The first kappa shape index (κ1) is 14.2. The van der Waals surface area contributed by atoms with Gasteiger partial charge in [-0.1, -0.05) is 30.3 Å². The lowest BCUT2D eigenvalue weighted by atomic mass is 10.1. The third-order valence-corrected chi connectivity index (χ3v) is 3.63. The third kappa shape index (κ3) is 4.42. The number of carbonyl (C=O) groups excluding carboxylic acids is 1. The molecule has 1 aliphatic heterocycles. The smallest absolute Gasteiger partial charge is 0.164 e. The van der Waals surface area contributed by atoms with Gasteiger partial charge in [-0.05, 0) is 0 Å². The van der Waals surface area contributed by atoms with Crippen LogP contribution in [0.2, 0.25) is 0 Å². The van der Waals surface area contributed by atoms with Crippen LogP contribution in [0.1, 0.15) is 16.8 Å². The zero-order valence-corrected chi connectivity index (χ0v) is 11.3. The predicted molar refractivity (Wildman–Crippen MR) is 75.4 cm³/mol. The molecular formula is C15H22N2O2. The number of aliphatic hydroxyl groups is 1. The SMILES string of the molecule is O=C(CCN1CCN(CCO)CC1)c1ccccc1. The summed E-state index contributed by atoms with van der Waals surface area (Å²) in [5.41, 5.74) is 0.807. The number of β-amino-alcohol motifs (C(OH)–C–C–N with tert-alkyl or cyclic N) is 1. The lowest BCUT2D eigenvalue weighted by Gasteiger charge is -2.34. The molecule has 1 aromatic carbocycles. The molecule has 0 aliphatic carbocycles. The number of nitrogens with zero attached hydrogens (tertiary/aromatic N) is 2. The van der Waals surface area contributed by atoms with Crippen molar-refractivity contribution in [3.63, 3.8) is 0 Å². The maximum atomic E-state index is 12.0. The van der Waals surface area contributed by atoms with Gasteiger partial charge in [0.25, 0.3) is 0 Å². The Morgan fingerprint density at radius 1 is 1.00 bits per heavy atom. The molecule has 0 atom stereocenters. The molecule has 0 aromatic heterocycles. The van der Waals surface area contributed by atoms with E-state index in [-0.39, 0.29) is 12.4 Å². The molecule has 4 heteroatoms. The number of benzene rings is 1. The minimum atomic E-state index is 0.221. The van der Waals surface area contributed by atoms with Crippen molar-refractivity contribution >= 4 is 5.78 Å². The summed E-state index contributed by atoms with van der Waals surface area (Å²) in [6.07, 6.45) is 0.587. The van der Waals surface area contributed by atoms with E-state index in [9.17, 15) is 4.79 Å². The van der Waals surface area contributed by atoms with Crippen molar-refractivity contribution in [2.24, 2.45) is 0 Å². The molecule has 0 radical (unpaired) electrons. The number of carbonyl (C=O) groups is 1. The van der Waals surface area contributed by atoms with Crippen molar-refractivity contribution in [2.75, 3.05) is 45.9 Å². The zero-order chi connectivity index (χ0) is 13.5. The molecular weight excluding hydrogens is 240 g/mol. The molecule has 4 nitrogen and oxygen atoms in total. The van der Waals surface area contributed by atoms with E-state index in [4.69, 9.17) is 5.11 Å². The Labute approximate surface area is 114 Å². The summed E-state index contributed by atoms with van der Waals surface area (Å²) in [6.45, 7) is 5.77. The summed E-state index contributed by atoms with van der Waals surface area (Å²) in [4.78, 5) is 16.6. The first-order chi connectivity index (χ1) is 9.29. The van der Waals surface area contributed by atoms with E-state index in [0.717, 1.165) is 44.8 Å². The summed E-state index contributed by atoms with van der Waals surface area (Å²) in [5.74, 6) is 0.221. The average Bonchev–Trinajstić information content (AvgIpc) is 2.47. The van der Waals surface area contributed by atoms with Gasteiger partial charge in [0.2, 0.25) is 0 Å². The third-order valence-electron chi connectivity index (χ3n) is 3.63. The van der Waals surface area contributed by atoms with Gasteiger partial charge in [-0.15, -0.1) is 0 Å². The van der Waals surface area contributed by atoms with Gasteiger partial charge >= 0.3 is 0 Å². The molecule has 19 heavy (non-hydrogen) atoms. The number of hydrogen-bond donors (Lipinski definition) is 1.